The van der Waals surface area contributed by atoms with Gasteiger partial charge >= 0.3 is 0 Å². The van der Waals surface area contributed by atoms with E-state index in [1.165, 1.54) is 21.7 Å². The van der Waals surface area contributed by atoms with Crippen molar-refractivity contribution in [1.82, 2.24) is 19.1 Å². The summed E-state index contributed by atoms with van der Waals surface area (Å²) in [6.45, 7) is 0. The van der Waals surface area contributed by atoms with Crippen LogP contribution in [0, 0.1) is 0 Å². The molecule has 0 radical (unpaired) electrons. The molecule has 0 spiro atoms. The van der Waals surface area contributed by atoms with Gasteiger partial charge in [-0.3, -0.25) is 9.55 Å². The van der Waals surface area contributed by atoms with Gasteiger partial charge in [0.2, 0.25) is 0 Å². The fraction of sp³-hybridized carbons (Fsp3) is 0. The maximum Gasteiger partial charge on any atom is 0.144 e. The predicted octanol–water partition coefficient (Wildman–Crippen LogP) is 13.7. The number of rotatable bonds is 6. The molecule has 0 aliphatic heterocycles. The molecule has 272 valence electrons. The summed E-state index contributed by atoms with van der Waals surface area (Å²) in [7, 11) is 0. The molecule has 0 bridgehead atoms. The lowest BCUT2D eigenvalue weighted by Crippen LogP contribution is -2.10. The molecule has 0 aliphatic carbocycles. The van der Waals surface area contributed by atoms with Crippen LogP contribution in [0.15, 0.2) is 205 Å². The maximum absolute atomic E-state index is 6.57. The summed E-state index contributed by atoms with van der Waals surface area (Å²) >= 11 is 0. The molecule has 12 rings (SSSR count). The minimum Gasteiger partial charge on any atom is -0.455 e. The Kier molecular flexibility index (Phi) is 7.13. The van der Waals surface area contributed by atoms with Crippen LogP contribution < -0.4 is 4.90 Å². The second-order valence-corrected chi connectivity index (χ2v) is 14.6. The molecule has 0 saturated carbocycles. The summed E-state index contributed by atoms with van der Waals surface area (Å²) in [6.07, 6.45) is 3.71. The summed E-state index contributed by atoms with van der Waals surface area (Å²) < 4.78 is 11.3. The fourth-order valence-electron chi connectivity index (χ4n) is 8.96. The zero-order valence-corrected chi connectivity index (χ0v) is 31.2. The van der Waals surface area contributed by atoms with Crippen molar-refractivity contribution in [2.45, 2.75) is 0 Å². The second-order valence-electron chi connectivity index (χ2n) is 14.6. The minimum atomic E-state index is 0.820. The van der Waals surface area contributed by atoms with Gasteiger partial charge < -0.3 is 13.9 Å². The zero-order valence-electron chi connectivity index (χ0n) is 31.2. The Balaban J connectivity index is 1.17. The molecule has 0 aliphatic rings. The average Bonchev–Trinajstić information content (AvgIpc) is 3.95. The number of anilines is 3. The van der Waals surface area contributed by atoms with Crippen molar-refractivity contribution in [1.29, 1.82) is 0 Å². The van der Waals surface area contributed by atoms with Crippen LogP contribution in [0.25, 0.3) is 88.3 Å². The molecule has 0 amide bonds. The van der Waals surface area contributed by atoms with Crippen LogP contribution in [0.2, 0.25) is 0 Å². The Bertz CT molecular complexity index is 3500. The highest BCUT2D eigenvalue weighted by Gasteiger charge is 2.24. The molecule has 6 heteroatoms. The van der Waals surface area contributed by atoms with Crippen LogP contribution in [-0.2, 0) is 0 Å². The van der Waals surface area contributed by atoms with Crippen LogP contribution in [0.3, 0.4) is 0 Å². The van der Waals surface area contributed by atoms with E-state index < -0.39 is 0 Å². The third kappa shape index (κ3) is 4.85. The molecule has 5 heterocycles. The number of furan rings is 1. The lowest BCUT2D eigenvalue weighted by molar-refractivity contribution is 0.670. The first kappa shape index (κ1) is 32.3. The Morgan fingerprint density at radius 3 is 1.86 bits per heavy atom. The van der Waals surface area contributed by atoms with Gasteiger partial charge in [0.25, 0.3) is 0 Å². The first-order valence-corrected chi connectivity index (χ1v) is 19.5. The second kappa shape index (κ2) is 12.8. The summed E-state index contributed by atoms with van der Waals surface area (Å²) in [5.74, 6) is 0.862. The van der Waals surface area contributed by atoms with Crippen molar-refractivity contribution in [2.24, 2.45) is 0 Å². The normalized spacial score (nSPS) is 11.8. The Morgan fingerprint density at radius 1 is 0.414 bits per heavy atom. The molecule has 0 unspecified atom stereocenters. The van der Waals surface area contributed by atoms with Crippen LogP contribution in [0.4, 0.5) is 17.1 Å². The van der Waals surface area contributed by atoms with Gasteiger partial charge in [0, 0.05) is 73.0 Å². The van der Waals surface area contributed by atoms with Crippen LogP contribution >= 0.6 is 0 Å². The van der Waals surface area contributed by atoms with Crippen LogP contribution in [-0.4, -0.2) is 19.1 Å². The maximum atomic E-state index is 6.57. The molecule has 12 aromatic rings. The molecular formula is C52H33N5O. The van der Waals surface area contributed by atoms with Crippen LogP contribution in [0.1, 0.15) is 0 Å². The van der Waals surface area contributed by atoms with E-state index in [1.807, 2.05) is 48.8 Å². The summed E-state index contributed by atoms with van der Waals surface area (Å²) in [5, 5.41) is 6.89. The molecule has 7 aromatic carbocycles. The number of para-hydroxylation sites is 4. The standard InChI is InChI=1S/C52H33N5O/c1-3-15-34(16-4-1)55(37-31-41-38-19-8-10-23-48(38)58-52(41)42(32-37)43-21-11-13-29-53-43)36-25-26-40-47(33-36)57(49-24-12-14-30-54-49)46-28-27-45-50(51(40)46)39-20-7-9-22-44(39)56(45)35-17-5-2-6-18-35/h1-33H. The molecule has 58 heavy (non-hydrogen) atoms. The first-order valence-electron chi connectivity index (χ1n) is 19.5. The largest absolute Gasteiger partial charge is 0.455 e. The molecule has 6 nitrogen and oxygen atoms in total. The molecule has 0 fully saturated rings. The Labute approximate surface area is 333 Å². The van der Waals surface area contributed by atoms with E-state index in [1.54, 1.807) is 0 Å². The summed E-state index contributed by atoms with van der Waals surface area (Å²) in [4.78, 5) is 12.1. The first-order chi connectivity index (χ1) is 28.8. The lowest BCUT2D eigenvalue weighted by atomic mass is 10.0. The van der Waals surface area contributed by atoms with E-state index >= 15 is 0 Å². The fourth-order valence-corrected chi connectivity index (χ4v) is 8.96. The van der Waals surface area contributed by atoms with Gasteiger partial charge in [-0.25, -0.2) is 4.98 Å². The van der Waals surface area contributed by atoms with E-state index in [4.69, 9.17) is 14.4 Å². The quantitative estimate of drug-likeness (QED) is 0.170. The highest BCUT2D eigenvalue weighted by atomic mass is 16.3. The van der Waals surface area contributed by atoms with Crippen molar-refractivity contribution in [3.8, 4) is 22.8 Å². The van der Waals surface area contributed by atoms with Gasteiger partial charge in [-0.15, -0.1) is 0 Å². The number of pyridine rings is 2. The van der Waals surface area contributed by atoms with Gasteiger partial charge in [0.15, 0.2) is 0 Å². The minimum absolute atomic E-state index is 0.820. The van der Waals surface area contributed by atoms with Crippen molar-refractivity contribution >= 4 is 82.6 Å². The van der Waals surface area contributed by atoms with Crippen molar-refractivity contribution < 1.29 is 4.42 Å². The van der Waals surface area contributed by atoms with E-state index in [0.717, 1.165) is 83.7 Å². The average molecular weight is 744 g/mol. The van der Waals surface area contributed by atoms with E-state index in [-0.39, 0.29) is 0 Å². The monoisotopic (exact) mass is 743 g/mol. The molecule has 0 atom stereocenters. The van der Waals surface area contributed by atoms with E-state index in [9.17, 15) is 0 Å². The van der Waals surface area contributed by atoms with Gasteiger partial charge in [0.1, 0.15) is 17.0 Å². The third-order valence-electron chi connectivity index (χ3n) is 11.4. The number of aromatic nitrogens is 4. The van der Waals surface area contributed by atoms with Crippen molar-refractivity contribution in [3.63, 3.8) is 0 Å². The Hall–Kier alpha value is -7.96. The Morgan fingerprint density at radius 2 is 1.09 bits per heavy atom. The van der Waals surface area contributed by atoms with E-state index in [0.29, 0.717) is 0 Å². The topological polar surface area (TPSA) is 52.0 Å². The summed E-state index contributed by atoms with van der Waals surface area (Å²) in [5.41, 5.74) is 12.1. The summed E-state index contributed by atoms with van der Waals surface area (Å²) in [6, 6.07) is 66.2. The van der Waals surface area contributed by atoms with Gasteiger partial charge in [0.05, 0.1) is 27.8 Å². The number of fused-ring (bicyclic) bond motifs is 10. The number of hydrogen-bond donors (Lipinski definition) is 0. The predicted molar refractivity (Wildman–Crippen MR) is 238 cm³/mol. The zero-order chi connectivity index (χ0) is 38.2. The highest BCUT2D eigenvalue weighted by molar-refractivity contribution is 6.29. The highest BCUT2D eigenvalue weighted by Crippen LogP contribution is 2.46. The van der Waals surface area contributed by atoms with Gasteiger partial charge in [-0.2, -0.15) is 0 Å². The third-order valence-corrected chi connectivity index (χ3v) is 11.4. The van der Waals surface area contributed by atoms with Gasteiger partial charge in [-0.1, -0.05) is 91.0 Å². The van der Waals surface area contributed by atoms with Gasteiger partial charge in [-0.05, 0) is 97.1 Å². The molecule has 5 aromatic heterocycles. The lowest BCUT2D eigenvalue weighted by Gasteiger charge is -2.26. The SMILES string of the molecule is c1ccc(N(c2cc(-c3ccccn3)c3oc4ccccc4c3c2)c2ccc3c4c5c6ccccc6n(-c6ccccc6)c5ccc4n(-c4ccccn4)c3c2)cc1. The van der Waals surface area contributed by atoms with Crippen molar-refractivity contribution in [2.75, 3.05) is 4.90 Å². The molecule has 0 saturated heterocycles. The van der Waals surface area contributed by atoms with E-state index in [2.05, 4.69) is 166 Å². The number of benzene rings is 7. The van der Waals surface area contributed by atoms with Crippen LogP contribution in [0.5, 0.6) is 0 Å². The molecular weight excluding hydrogens is 711 g/mol. The molecule has 0 N–H and O–H groups in total. The smallest absolute Gasteiger partial charge is 0.144 e. The number of nitrogens with zero attached hydrogens (tertiary/aromatic N) is 5. The number of hydrogen-bond acceptors (Lipinski definition) is 4. The van der Waals surface area contributed by atoms with Crippen molar-refractivity contribution in [3.05, 3.63) is 200 Å².